The number of aliphatic hydroxyl groups excluding tert-OH is 1. The van der Waals surface area contributed by atoms with Crippen molar-refractivity contribution in [2.75, 3.05) is 13.1 Å². The van der Waals surface area contributed by atoms with Crippen molar-refractivity contribution in [3.63, 3.8) is 0 Å². The Morgan fingerprint density at radius 3 is 2.96 bits per heavy atom. The number of phenols is 1. The second-order valence-corrected chi connectivity index (χ2v) is 6.67. The highest BCUT2D eigenvalue weighted by molar-refractivity contribution is 5.83. The van der Waals surface area contributed by atoms with Gasteiger partial charge in [-0.3, -0.25) is 9.88 Å². The lowest BCUT2D eigenvalue weighted by Gasteiger charge is -2.48. The zero-order valence-electron chi connectivity index (χ0n) is 13.3. The fraction of sp³-hybridized carbons (Fsp3) is 0.421. The highest BCUT2D eigenvalue weighted by Crippen LogP contribution is 2.41. The summed E-state index contributed by atoms with van der Waals surface area (Å²) in [5.41, 5.74) is 3.19. The van der Waals surface area contributed by atoms with Crippen molar-refractivity contribution >= 4 is 10.9 Å². The minimum absolute atomic E-state index is 0.144. The van der Waals surface area contributed by atoms with Gasteiger partial charge in [0.15, 0.2) is 0 Å². The normalized spacial score (nSPS) is 30.0. The van der Waals surface area contributed by atoms with E-state index in [0.29, 0.717) is 5.92 Å². The molecule has 2 aromatic rings. The van der Waals surface area contributed by atoms with Gasteiger partial charge in [0.2, 0.25) is 0 Å². The molecule has 2 N–H and O–H groups in total. The van der Waals surface area contributed by atoms with Crippen LogP contribution in [0.5, 0.6) is 5.75 Å². The van der Waals surface area contributed by atoms with Gasteiger partial charge in [-0.2, -0.15) is 0 Å². The number of hydrogen-bond acceptors (Lipinski definition) is 4. The van der Waals surface area contributed by atoms with E-state index in [2.05, 4.69) is 22.9 Å². The highest BCUT2D eigenvalue weighted by Gasteiger charge is 2.40. The Balaban J connectivity index is 1.70. The number of hydrogen-bond donors (Lipinski definition) is 2. The lowest BCUT2D eigenvalue weighted by molar-refractivity contribution is -0.00340. The first-order valence-electron chi connectivity index (χ1n) is 8.32. The Kier molecular flexibility index (Phi) is 3.58. The molecule has 3 fully saturated rings. The molecule has 4 heteroatoms. The molecule has 0 amide bonds. The Labute approximate surface area is 136 Å². The summed E-state index contributed by atoms with van der Waals surface area (Å²) in [5, 5.41) is 21.7. The molecule has 0 saturated carbocycles. The standard InChI is InChI=1S/C19H22N2O2/c1-2-12-11-21-8-6-13(12)9-18(21)19(23)15-5-7-20-17-4-3-14(22)10-16(15)17/h2-5,7,10,13,18-19,22-23H,6,8-9,11H2,1H3/t13-,18?,19+/m0/s1. The number of aliphatic hydroxyl groups is 1. The molecular formula is C19H22N2O2. The van der Waals surface area contributed by atoms with Crippen molar-refractivity contribution < 1.29 is 10.2 Å². The van der Waals surface area contributed by atoms with Crippen molar-refractivity contribution in [1.82, 2.24) is 9.88 Å². The molecule has 2 bridgehead atoms. The van der Waals surface area contributed by atoms with E-state index in [1.807, 2.05) is 6.07 Å². The molecule has 1 aromatic heterocycles. The average Bonchev–Trinajstić information content (AvgIpc) is 2.60. The Hall–Kier alpha value is -1.91. The number of aromatic hydroxyl groups is 1. The van der Waals surface area contributed by atoms with Crippen LogP contribution >= 0.6 is 0 Å². The Bertz CT molecular complexity index is 771. The van der Waals surface area contributed by atoms with Gasteiger partial charge in [-0.05, 0) is 62.1 Å². The molecule has 4 atom stereocenters. The molecule has 5 rings (SSSR count). The zero-order chi connectivity index (χ0) is 16.0. The highest BCUT2D eigenvalue weighted by atomic mass is 16.3. The van der Waals surface area contributed by atoms with Gasteiger partial charge >= 0.3 is 0 Å². The van der Waals surface area contributed by atoms with E-state index in [9.17, 15) is 10.2 Å². The second-order valence-electron chi connectivity index (χ2n) is 6.67. The van der Waals surface area contributed by atoms with Gasteiger partial charge in [-0.25, -0.2) is 0 Å². The monoisotopic (exact) mass is 310 g/mol. The van der Waals surface area contributed by atoms with Crippen LogP contribution in [-0.4, -0.2) is 39.2 Å². The van der Waals surface area contributed by atoms with Gasteiger partial charge < -0.3 is 10.2 Å². The maximum atomic E-state index is 11.0. The molecule has 4 heterocycles. The Morgan fingerprint density at radius 1 is 1.35 bits per heavy atom. The SMILES string of the molecule is CC=C1CN2CC[C@H]1CC2[C@H](O)c1ccnc2ccc(O)cc12. The molecule has 120 valence electrons. The minimum Gasteiger partial charge on any atom is -0.508 e. The van der Waals surface area contributed by atoms with Crippen LogP contribution < -0.4 is 0 Å². The molecule has 23 heavy (non-hydrogen) atoms. The van der Waals surface area contributed by atoms with Crippen molar-refractivity contribution in [3.05, 3.63) is 47.7 Å². The van der Waals surface area contributed by atoms with Crippen LogP contribution in [0.15, 0.2) is 42.1 Å². The third-order valence-electron chi connectivity index (χ3n) is 5.48. The van der Waals surface area contributed by atoms with E-state index >= 15 is 0 Å². The van der Waals surface area contributed by atoms with E-state index in [1.54, 1.807) is 24.4 Å². The van der Waals surface area contributed by atoms with Gasteiger partial charge in [-0.1, -0.05) is 11.6 Å². The fourth-order valence-corrected chi connectivity index (χ4v) is 4.22. The predicted molar refractivity (Wildman–Crippen MR) is 90.2 cm³/mol. The van der Waals surface area contributed by atoms with E-state index in [0.717, 1.165) is 36.0 Å². The molecule has 4 nitrogen and oxygen atoms in total. The first kappa shape index (κ1) is 14.7. The first-order chi connectivity index (χ1) is 11.2. The van der Waals surface area contributed by atoms with Gasteiger partial charge in [0.25, 0.3) is 0 Å². The number of rotatable bonds is 2. The minimum atomic E-state index is -0.552. The van der Waals surface area contributed by atoms with E-state index in [4.69, 9.17) is 0 Å². The fourth-order valence-electron chi connectivity index (χ4n) is 4.22. The van der Waals surface area contributed by atoms with Crippen molar-refractivity contribution in [1.29, 1.82) is 0 Å². The molecule has 1 aromatic carbocycles. The van der Waals surface area contributed by atoms with E-state index in [-0.39, 0.29) is 11.8 Å². The molecule has 3 aliphatic rings. The van der Waals surface area contributed by atoms with Crippen molar-refractivity contribution in [2.24, 2.45) is 5.92 Å². The van der Waals surface area contributed by atoms with Gasteiger partial charge in [-0.15, -0.1) is 0 Å². The molecule has 3 saturated heterocycles. The maximum absolute atomic E-state index is 11.0. The molecule has 0 spiro atoms. The molecule has 0 radical (unpaired) electrons. The Morgan fingerprint density at radius 2 is 2.22 bits per heavy atom. The summed E-state index contributed by atoms with van der Waals surface area (Å²) in [6, 6.07) is 7.16. The molecule has 2 unspecified atom stereocenters. The number of phenolic OH excluding ortho intramolecular Hbond substituents is 1. The van der Waals surface area contributed by atoms with Crippen LogP contribution in [0.4, 0.5) is 0 Å². The second kappa shape index (κ2) is 5.62. The van der Waals surface area contributed by atoms with Gasteiger partial charge in [0.1, 0.15) is 5.75 Å². The zero-order valence-corrected chi connectivity index (χ0v) is 13.3. The quantitative estimate of drug-likeness (QED) is 0.837. The van der Waals surface area contributed by atoms with Crippen molar-refractivity contribution in [2.45, 2.75) is 31.9 Å². The van der Waals surface area contributed by atoms with Crippen LogP contribution in [0.1, 0.15) is 31.4 Å². The van der Waals surface area contributed by atoms with E-state index in [1.165, 1.54) is 12.0 Å². The third-order valence-corrected chi connectivity index (χ3v) is 5.48. The van der Waals surface area contributed by atoms with Crippen molar-refractivity contribution in [3.8, 4) is 5.75 Å². The first-order valence-corrected chi connectivity index (χ1v) is 8.32. The molecule has 3 aliphatic heterocycles. The van der Waals surface area contributed by atoms with Gasteiger partial charge in [0, 0.05) is 24.2 Å². The molecule has 0 aliphatic carbocycles. The van der Waals surface area contributed by atoms with E-state index < -0.39 is 6.10 Å². The third kappa shape index (κ3) is 2.42. The summed E-state index contributed by atoms with van der Waals surface area (Å²) in [5.74, 6) is 0.812. The maximum Gasteiger partial charge on any atom is 0.116 e. The summed E-state index contributed by atoms with van der Waals surface area (Å²) < 4.78 is 0. The van der Waals surface area contributed by atoms with Crippen LogP contribution in [0.3, 0.4) is 0 Å². The number of pyridine rings is 1. The van der Waals surface area contributed by atoms with Crippen LogP contribution in [0.25, 0.3) is 10.9 Å². The number of nitrogens with zero attached hydrogens (tertiary/aromatic N) is 2. The lowest BCUT2D eigenvalue weighted by atomic mass is 9.76. The average molecular weight is 310 g/mol. The topological polar surface area (TPSA) is 56.6 Å². The summed E-state index contributed by atoms with van der Waals surface area (Å²) >= 11 is 0. The number of benzene rings is 1. The number of aromatic nitrogens is 1. The predicted octanol–water partition coefficient (Wildman–Crippen LogP) is 3.01. The number of fused-ring (bicyclic) bond motifs is 4. The summed E-state index contributed by atoms with van der Waals surface area (Å²) in [6.45, 7) is 4.14. The largest absolute Gasteiger partial charge is 0.508 e. The summed E-state index contributed by atoms with van der Waals surface area (Å²) in [7, 11) is 0. The van der Waals surface area contributed by atoms with Gasteiger partial charge in [0.05, 0.1) is 11.6 Å². The smallest absolute Gasteiger partial charge is 0.116 e. The summed E-state index contributed by atoms with van der Waals surface area (Å²) in [4.78, 5) is 6.74. The van der Waals surface area contributed by atoms with Crippen LogP contribution in [0, 0.1) is 5.92 Å². The summed E-state index contributed by atoms with van der Waals surface area (Å²) in [6.07, 6.45) is 5.62. The number of piperidine rings is 3. The molecular weight excluding hydrogens is 288 g/mol. The lowest BCUT2D eigenvalue weighted by Crippen LogP contribution is -2.52. The number of allylic oxidation sites excluding steroid dienone is 1. The van der Waals surface area contributed by atoms with Crippen LogP contribution in [-0.2, 0) is 0 Å². The van der Waals surface area contributed by atoms with Crippen LogP contribution in [0.2, 0.25) is 0 Å².